The van der Waals surface area contributed by atoms with E-state index < -0.39 is 5.79 Å². The third-order valence-corrected chi connectivity index (χ3v) is 11.7. The van der Waals surface area contributed by atoms with Gasteiger partial charge in [-0.3, -0.25) is 4.57 Å². The highest BCUT2D eigenvalue weighted by molar-refractivity contribution is 6.54. The van der Waals surface area contributed by atoms with Crippen molar-refractivity contribution >= 4 is 11.4 Å². The highest BCUT2D eigenvalue weighted by atomic mass is 16.5. The van der Waals surface area contributed by atoms with E-state index in [1.165, 1.54) is 22.3 Å². The summed E-state index contributed by atoms with van der Waals surface area (Å²) in [6.07, 6.45) is 3.41. The van der Waals surface area contributed by atoms with Gasteiger partial charge in [0.15, 0.2) is 23.0 Å². The molecule has 1 aromatic heterocycles. The van der Waals surface area contributed by atoms with Crippen LogP contribution in [-0.2, 0) is 31.5 Å². The molecule has 0 saturated carbocycles. The maximum absolute atomic E-state index is 5.97. The summed E-state index contributed by atoms with van der Waals surface area (Å²) in [7, 11) is 6.63. The highest BCUT2D eigenvalue weighted by Gasteiger charge is 2.47. The summed E-state index contributed by atoms with van der Waals surface area (Å²) in [6.45, 7) is 0. The Morgan fingerprint density at radius 3 is 1.62 bits per heavy atom. The number of benzene rings is 6. The average molecular weight is 763 g/mol. The topological polar surface area (TPSA) is 79.5 Å². The van der Waals surface area contributed by atoms with Crippen molar-refractivity contribution in [3.05, 3.63) is 172 Å². The summed E-state index contributed by atoms with van der Waals surface area (Å²) in [5.74, 6) is 1.93. The molecule has 0 amide bonds. The molecular weight excluding hydrogens is 721 g/mol. The molecule has 0 fully saturated rings. The highest BCUT2D eigenvalue weighted by Crippen LogP contribution is 2.50. The lowest BCUT2D eigenvalue weighted by Gasteiger charge is -2.31. The van der Waals surface area contributed by atoms with Gasteiger partial charge in [-0.1, -0.05) is 84.9 Å². The van der Waals surface area contributed by atoms with E-state index in [-0.39, 0.29) is 0 Å². The molecule has 286 valence electrons. The minimum atomic E-state index is -1.32. The Balaban J connectivity index is 1.43. The monoisotopic (exact) mass is 762 g/mol. The first-order valence-electron chi connectivity index (χ1n) is 19.6. The summed E-state index contributed by atoms with van der Waals surface area (Å²) in [5, 5.41) is 0. The maximum atomic E-state index is 5.97. The second-order valence-electron chi connectivity index (χ2n) is 14.9. The Kier molecular flexibility index (Phi) is 8.70. The summed E-state index contributed by atoms with van der Waals surface area (Å²) in [5.41, 5.74) is 13.9. The maximum Gasteiger partial charge on any atom is 0.261 e. The molecule has 0 unspecified atom stereocenters. The van der Waals surface area contributed by atoms with Gasteiger partial charge in [0.2, 0.25) is 0 Å². The van der Waals surface area contributed by atoms with Gasteiger partial charge in [-0.05, 0) is 96.5 Å². The molecular formula is C50H42N4O4. The largest absolute Gasteiger partial charge is 0.493 e. The number of ether oxygens (including phenoxy) is 4. The van der Waals surface area contributed by atoms with Crippen LogP contribution in [-0.4, -0.2) is 49.4 Å². The van der Waals surface area contributed by atoms with Crippen molar-refractivity contribution < 1.29 is 18.9 Å². The van der Waals surface area contributed by atoms with E-state index in [0.717, 1.165) is 87.7 Å². The molecule has 3 aliphatic rings. The van der Waals surface area contributed by atoms with Crippen molar-refractivity contribution in [1.82, 2.24) is 9.55 Å². The predicted molar refractivity (Wildman–Crippen MR) is 229 cm³/mol. The molecule has 1 spiro atoms. The summed E-state index contributed by atoms with van der Waals surface area (Å²) in [4.78, 5) is 17.7. The molecule has 8 nitrogen and oxygen atoms in total. The van der Waals surface area contributed by atoms with Gasteiger partial charge < -0.3 is 18.9 Å². The van der Waals surface area contributed by atoms with Crippen LogP contribution in [0.4, 0.5) is 0 Å². The van der Waals surface area contributed by atoms with Crippen molar-refractivity contribution in [3.8, 4) is 56.9 Å². The van der Waals surface area contributed by atoms with Crippen LogP contribution in [0.15, 0.2) is 143 Å². The molecule has 0 atom stereocenters. The zero-order valence-corrected chi connectivity index (χ0v) is 33.0. The Morgan fingerprint density at radius 1 is 0.483 bits per heavy atom. The van der Waals surface area contributed by atoms with E-state index in [4.69, 9.17) is 33.9 Å². The van der Waals surface area contributed by atoms with Crippen LogP contribution in [0, 0.1) is 0 Å². The fraction of sp³-hybridized carbons (Fsp3) is 0.180. The lowest BCUT2D eigenvalue weighted by atomic mass is 9.90. The van der Waals surface area contributed by atoms with Crippen LogP contribution < -0.4 is 18.9 Å². The number of aryl methyl sites for hydroxylation is 4. The summed E-state index contributed by atoms with van der Waals surface area (Å²) in [6, 6.07) is 46.7. The smallest absolute Gasteiger partial charge is 0.261 e. The first-order chi connectivity index (χ1) is 28.5. The number of hydrogen-bond acceptors (Lipinski definition) is 7. The molecule has 58 heavy (non-hydrogen) atoms. The third kappa shape index (κ3) is 5.70. The molecule has 7 aromatic rings. The van der Waals surface area contributed by atoms with Gasteiger partial charge in [0, 0.05) is 33.4 Å². The second-order valence-corrected chi connectivity index (χ2v) is 14.9. The molecule has 6 aromatic carbocycles. The number of aliphatic imine (C=N–C) groups is 2. The molecule has 4 heterocycles. The van der Waals surface area contributed by atoms with Crippen LogP contribution in [0.2, 0.25) is 0 Å². The quantitative estimate of drug-likeness (QED) is 0.154. The van der Waals surface area contributed by atoms with Crippen molar-refractivity contribution in [2.75, 3.05) is 28.4 Å². The Hall–Kier alpha value is -6.93. The summed E-state index contributed by atoms with van der Waals surface area (Å²) < 4.78 is 25.6. The van der Waals surface area contributed by atoms with Crippen LogP contribution in [0.25, 0.3) is 33.9 Å². The van der Waals surface area contributed by atoms with Gasteiger partial charge in [-0.25, -0.2) is 15.0 Å². The van der Waals surface area contributed by atoms with E-state index in [2.05, 4.69) is 95.6 Å². The number of hydrogen-bond donors (Lipinski definition) is 0. The van der Waals surface area contributed by atoms with Gasteiger partial charge in [0.25, 0.3) is 5.79 Å². The zero-order valence-electron chi connectivity index (χ0n) is 33.0. The number of methoxy groups -OCH3 is 4. The Labute approximate surface area is 338 Å². The van der Waals surface area contributed by atoms with Crippen LogP contribution in [0.1, 0.15) is 38.9 Å². The number of aromatic nitrogens is 2. The van der Waals surface area contributed by atoms with Gasteiger partial charge in [-0.15, -0.1) is 0 Å². The fourth-order valence-electron chi connectivity index (χ4n) is 8.79. The van der Waals surface area contributed by atoms with Crippen molar-refractivity contribution in [2.24, 2.45) is 9.98 Å². The van der Waals surface area contributed by atoms with Gasteiger partial charge in [-0.2, -0.15) is 0 Å². The lowest BCUT2D eigenvalue weighted by Crippen LogP contribution is -2.32. The number of nitrogens with zero attached hydrogens (tertiary/aromatic N) is 4. The van der Waals surface area contributed by atoms with E-state index in [1.807, 2.05) is 42.5 Å². The molecule has 3 aliphatic heterocycles. The number of fused-ring (bicyclic) bond motifs is 2. The molecule has 0 N–H and O–H groups in total. The number of imidazole rings is 1. The minimum Gasteiger partial charge on any atom is -0.493 e. The molecule has 8 heteroatoms. The molecule has 4 bridgehead atoms. The fourth-order valence-corrected chi connectivity index (χ4v) is 8.79. The lowest BCUT2D eigenvalue weighted by molar-refractivity contribution is 0.355. The van der Waals surface area contributed by atoms with Crippen LogP contribution >= 0.6 is 0 Å². The van der Waals surface area contributed by atoms with Gasteiger partial charge in [0.1, 0.15) is 5.82 Å². The molecule has 0 saturated heterocycles. The van der Waals surface area contributed by atoms with Crippen LogP contribution in [0.3, 0.4) is 0 Å². The van der Waals surface area contributed by atoms with Crippen molar-refractivity contribution in [1.29, 1.82) is 0 Å². The molecule has 0 radical (unpaired) electrons. The average Bonchev–Trinajstić information content (AvgIpc) is 3.89. The first kappa shape index (κ1) is 35.5. The van der Waals surface area contributed by atoms with E-state index in [0.29, 0.717) is 23.0 Å². The van der Waals surface area contributed by atoms with E-state index >= 15 is 0 Å². The van der Waals surface area contributed by atoms with Crippen molar-refractivity contribution in [2.45, 2.75) is 31.5 Å². The standard InChI is InChI=1S/C50H42N4O4/c1-55-41-25-23-37(29-43(41)57-3)47-48(38-24-26-42(56-2)44(30-38)58-4)54-49(51-47)39-27-31-15-16-32-18-20-34(22-21-33(39)19-17-31)40(28-32)50(54)52-45(35-11-7-5-8-12-35)46(53-50)36-13-9-6-10-14-36/h5-14,17-20,23-30H,15-16,21-22H2,1-4H3. The van der Waals surface area contributed by atoms with E-state index in [9.17, 15) is 0 Å². The molecule has 0 aliphatic carbocycles. The Bertz CT molecular complexity index is 2730. The third-order valence-electron chi connectivity index (χ3n) is 11.7. The number of rotatable bonds is 8. The minimum absolute atomic E-state index is 0.600. The normalized spacial score (nSPS) is 14.6. The second kappa shape index (κ2) is 14.2. The molecule has 10 rings (SSSR count). The predicted octanol–water partition coefficient (Wildman–Crippen LogP) is 9.77. The van der Waals surface area contributed by atoms with Crippen molar-refractivity contribution in [3.63, 3.8) is 0 Å². The van der Waals surface area contributed by atoms with E-state index in [1.54, 1.807) is 28.4 Å². The summed E-state index contributed by atoms with van der Waals surface area (Å²) >= 11 is 0. The van der Waals surface area contributed by atoms with Crippen LogP contribution in [0.5, 0.6) is 23.0 Å². The zero-order chi connectivity index (χ0) is 39.4. The van der Waals surface area contributed by atoms with Gasteiger partial charge in [0.05, 0.1) is 51.3 Å². The van der Waals surface area contributed by atoms with Gasteiger partial charge >= 0.3 is 0 Å². The Morgan fingerprint density at radius 2 is 1.02 bits per heavy atom. The SMILES string of the molecule is COc1ccc(-c2nc3n(c2-c2ccc(OC)c(OC)c2)C2(N=C(c4ccccc4)C(c4ccccc4)=N2)c2cc4ccc2CCc2ccc(cc2-3)CC4)cc1OC. The first-order valence-corrected chi connectivity index (χ1v) is 19.6.